The van der Waals surface area contributed by atoms with Gasteiger partial charge in [0.2, 0.25) is 5.91 Å². The van der Waals surface area contributed by atoms with E-state index in [1.807, 2.05) is 13.8 Å². The van der Waals surface area contributed by atoms with Crippen LogP contribution in [-0.2, 0) is 4.79 Å². The molecule has 1 saturated carbocycles. The summed E-state index contributed by atoms with van der Waals surface area (Å²) in [5.41, 5.74) is 5.66. The number of benzene rings is 1. The van der Waals surface area contributed by atoms with E-state index in [9.17, 15) is 13.6 Å². The molecule has 1 aromatic rings. The standard InChI is InChI=1S/C16H22F2N2O/c1-3-16(4-2,9-19)20-15(21)12-8-11(12)10-6-5-7-13(17)14(10)18/h5-7,11-12H,3-4,8-9,19H2,1-2H3,(H,20,21). The zero-order chi connectivity index (χ0) is 15.6. The van der Waals surface area contributed by atoms with Gasteiger partial charge in [0, 0.05) is 12.5 Å². The smallest absolute Gasteiger partial charge is 0.224 e. The number of nitrogens with two attached hydrogens (primary N) is 1. The van der Waals surface area contributed by atoms with E-state index in [2.05, 4.69) is 5.32 Å². The normalized spacial score (nSPS) is 21.2. The van der Waals surface area contributed by atoms with Gasteiger partial charge in [0.05, 0.1) is 5.54 Å². The van der Waals surface area contributed by atoms with Crippen LogP contribution in [0.15, 0.2) is 18.2 Å². The zero-order valence-corrected chi connectivity index (χ0v) is 12.5. The van der Waals surface area contributed by atoms with Gasteiger partial charge in [0.25, 0.3) is 0 Å². The Kier molecular flexibility index (Phi) is 4.61. The lowest BCUT2D eigenvalue weighted by molar-refractivity contribution is -0.124. The van der Waals surface area contributed by atoms with E-state index in [1.165, 1.54) is 6.07 Å². The van der Waals surface area contributed by atoms with Gasteiger partial charge >= 0.3 is 0 Å². The van der Waals surface area contributed by atoms with Gasteiger partial charge in [-0.3, -0.25) is 4.79 Å². The molecular weight excluding hydrogens is 274 g/mol. The highest BCUT2D eigenvalue weighted by atomic mass is 19.2. The molecule has 0 aliphatic heterocycles. The van der Waals surface area contributed by atoms with Gasteiger partial charge in [-0.2, -0.15) is 0 Å². The van der Waals surface area contributed by atoms with Crippen molar-refractivity contribution in [3.63, 3.8) is 0 Å². The third-order valence-corrected chi connectivity index (χ3v) is 4.64. The summed E-state index contributed by atoms with van der Waals surface area (Å²) in [6, 6.07) is 4.11. The molecule has 0 bridgehead atoms. The van der Waals surface area contributed by atoms with E-state index in [4.69, 9.17) is 5.73 Å². The number of halogens is 2. The predicted octanol–water partition coefficient (Wildman–Crippen LogP) is 2.70. The van der Waals surface area contributed by atoms with Crippen molar-refractivity contribution in [2.45, 2.75) is 44.6 Å². The second-order valence-corrected chi connectivity index (χ2v) is 5.77. The van der Waals surface area contributed by atoms with Crippen LogP contribution in [0, 0.1) is 17.6 Å². The van der Waals surface area contributed by atoms with Gasteiger partial charge in [-0.05, 0) is 36.8 Å². The van der Waals surface area contributed by atoms with Crippen molar-refractivity contribution >= 4 is 5.91 Å². The third-order valence-electron chi connectivity index (χ3n) is 4.64. The molecule has 3 nitrogen and oxygen atoms in total. The summed E-state index contributed by atoms with van der Waals surface area (Å²) < 4.78 is 27.0. The molecule has 5 heteroatoms. The Bertz CT molecular complexity index is 521. The van der Waals surface area contributed by atoms with E-state index in [0.29, 0.717) is 18.5 Å². The van der Waals surface area contributed by atoms with Crippen molar-refractivity contribution in [1.29, 1.82) is 0 Å². The number of nitrogens with one attached hydrogen (secondary N) is 1. The van der Waals surface area contributed by atoms with Crippen LogP contribution in [0.25, 0.3) is 0 Å². The number of hydrogen-bond acceptors (Lipinski definition) is 2. The van der Waals surface area contributed by atoms with Crippen LogP contribution in [0.2, 0.25) is 0 Å². The van der Waals surface area contributed by atoms with Crippen LogP contribution >= 0.6 is 0 Å². The van der Waals surface area contributed by atoms with Crippen LogP contribution in [0.5, 0.6) is 0 Å². The second-order valence-electron chi connectivity index (χ2n) is 5.77. The lowest BCUT2D eigenvalue weighted by Gasteiger charge is -2.31. The maximum absolute atomic E-state index is 13.7. The topological polar surface area (TPSA) is 55.1 Å². The lowest BCUT2D eigenvalue weighted by atomic mass is 9.92. The highest BCUT2D eigenvalue weighted by Crippen LogP contribution is 2.48. The SMILES string of the molecule is CCC(CC)(CN)NC(=O)C1CC1c1cccc(F)c1F. The zero-order valence-electron chi connectivity index (χ0n) is 12.5. The minimum atomic E-state index is -0.864. The first-order valence-electron chi connectivity index (χ1n) is 7.44. The Morgan fingerprint density at radius 3 is 2.62 bits per heavy atom. The lowest BCUT2D eigenvalue weighted by Crippen LogP contribution is -2.53. The fourth-order valence-corrected chi connectivity index (χ4v) is 2.76. The summed E-state index contributed by atoms with van der Waals surface area (Å²) in [4.78, 5) is 12.3. The van der Waals surface area contributed by atoms with E-state index in [-0.39, 0.29) is 17.7 Å². The van der Waals surface area contributed by atoms with E-state index >= 15 is 0 Å². The summed E-state index contributed by atoms with van der Waals surface area (Å²) in [7, 11) is 0. The molecule has 2 rings (SSSR count). The molecule has 1 aliphatic rings. The van der Waals surface area contributed by atoms with Crippen LogP contribution in [0.3, 0.4) is 0 Å². The molecular formula is C16H22F2N2O. The number of hydrogen-bond donors (Lipinski definition) is 2. The quantitative estimate of drug-likeness (QED) is 0.848. The summed E-state index contributed by atoms with van der Waals surface area (Å²) in [5, 5.41) is 3.00. The molecule has 1 aliphatic carbocycles. The van der Waals surface area contributed by atoms with Gasteiger partial charge in [-0.15, -0.1) is 0 Å². The van der Waals surface area contributed by atoms with Gasteiger partial charge in [0.15, 0.2) is 11.6 Å². The minimum absolute atomic E-state index is 0.113. The van der Waals surface area contributed by atoms with Gasteiger partial charge in [-0.25, -0.2) is 8.78 Å². The predicted molar refractivity (Wildman–Crippen MR) is 77.7 cm³/mol. The van der Waals surface area contributed by atoms with Crippen LogP contribution in [0.4, 0.5) is 8.78 Å². The average molecular weight is 296 g/mol. The molecule has 1 amide bonds. The Morgan fingerprint density at radius 2 is 2.05 bits per heavy atom. The molecule has 21 heavy (non-hydrogen) atoms. The summed E-state index contributed by atoms with van der Waals surface area (Å²) in [6.07, 6.45) is 2.05. The van der Waals surface area contributed by atoms with E-state index < -0.39 is 17.2 Å². The third kappa shape index (κ3) is 3.07. The summed E-state index contributed by atoms with van der Waals surface area (Å²) in [6.45, 7) is 4.33. The second kappa shape index (κ2) is 6.10. The molecule has 0 heterocycles. The first kappa shape index (κ1) is 15.9. The minimum Gasteiger partial charge on any atom is -0.349 e. The molecule has 3 N–H and O–H groups in total. The molecule has 2 atom stereocenters. The first-order chi connectivity index (χ1) is 9.98. The van der Waals surface area contributed by atoms with Crippen molar-refractivity contribution in [3.8, 4) is 0 Å². The number of carbonyl (C=O) groups excluding carboxylic acids is 1. The molecule has 0 radical (unpaired) electrons. The number of amides is 1. The molecule has 1 aromatic carbocycles. The Balaban J connectivity index is 2.06. The molecule has 116 valence electrons. The van der Waals surface area contributed by atoms with E-state index in [0.717, 1.165) is 18.9 Å². The van der Waals surface area contributed by atoms with Gasteiger partial charge < -0.3 is 11.1 Å². The van der Waals surface area contributed by atoms with Crippen LogP contribution < -0.4 is 11.1 Å². The highest BCUT2D eigenvalue weighted by Gasteiger charge is 2.47. The van der Waals surface area contributed by atoms with Crippen molar-refractivity contribution < 1.29 is 13.6 Å². The van der Waals surface area contributed by atoms with Gasteiger partial charge in [-0.1, -0.05) is 26.0 Å². The number of carbonyl (C=O) groups is 1. The van der Waals surface area contributed by atoms with Crippen molar-refractivity contribution in [3.05, 3.63) is 35.4 Å². The Hall–Kier alpha value is -1.49. The summed E-state index contributed by atoms with van der Waals surface area (Å²) >= 11 is 0. The number of rotatable bonds is 6. The summed E-state index contributed by atoms with van der Waals surface area (Å²) in [5.74, 6) is -2.33. The van der Waals surface area contributed by atoms with Crippen LogP contribution in [0.1, 0.15) is 44.6 Å². The average Bonchev–Trinajstić information content (AvgIpc) is 3.28. The largest absolute Gasteiger partial charge is 0.349 e. The maximum Gasteiger partial charge on any atom is 0.224 e. The van der Waals surface area contributed by atoms with E-state index in [1.54, 1.807) is 6.07 Å². The fraction of sp³-hybridized carbons (Fsp3) is 0.562. The molecule has 0 saturated heterocycles. The molecule has 0 aromatic heterocycles. The van der Waals surface area contributed by atoms with Gasteiger partial charge in [0.1, 0.15) is 0 Å². The molecule has 2 unspecified atom stereocenters. The highest BCUT2D eigenvalue weighted by molar-refractivity contribution is 5.83. The van der Waals surface area contributed by atoms with Crippen molar-refractivity contribution in [2.24, 2.45) is 11.7 Å². The van der Waals surface area contributed by atoms with Crippen molar-refractivity contribution in [2.75, 3.05) is 6.54 Å². The molecule has 0 spiro atoms. The first-order valence-corrected chi connectivity index (χ1v) is 7.44. The Labute approximate surface area is 123 Å². The van der Waals surface area contributed by atoms with Crippen molar-refractivity contribution in [1.82, 2.24) is 5.32 Å². The monoisotopic (exact) mass is 296 g/mol. The Morgan fingerprint density at radius 1 is 1.38 bits per heavy atom. The van der Waals surface area contributed by atoms with Crippen LogP contribution in [-0.4, -0.2) is 18.0 Å². The fourth-order valence-electron chi connectivity index (χ4n) is 2.76. The molecule has 1 fully saturated rings. The maximum atomic E-state index is 13.7.